The molecule has 0 spiro atoms. The minimum Gasteiger partial charge on any atom is -0.508 e. The second-order valence-corrected chi connectivity index (χ2v) is 4.80. The van der Waals surface area contributed by atoms with E-state index in [0.29, 0.717) is 0 Å². The normalized spacial score (nSPS) is 11.9. The molecule has 0 amide bonds. The fourth-order valence-corrected chi connectivity index (χ4v) is 1.59. The summed E-state index contributed by atoms with van der Waals surface area (Å²) in [5.41, 5.74) is 0.328. The third kappa shape index (κ3) is 3.30. The van der Waals surface area contributed by atoms with Crippen molar-refractivity contribution in [2.45, 2.75) is 18.7 Å². The summed E-state index contributed by atoms with van der Waals surface area (Å²) in [7, 11) is 0. The van der Waals surface area contributed by atoms with Crippen molar-refractivity contribution in [1.29, 1.82) is 0 Å². The van der Waals surface area contributed by atoms with Gasteiger partial charge in [0.15, 0.2) is 5.78 Å². The van der Waals surface area contributed by atoms with Crippen LogP contribution in [0.1, 0.15) is 34.6 Å². The molecule has 0 bridgehead atoms. The second-order valence-electron chi connectivity index (χ2n) is 3.43. The van der Waals surface area contributed by atoms with Crippen LogP contribution in [0.3, 0.4) is 0 Å². The van der Waals surface area contributed by atoms with Crippen LogP contribution in [0.2, 0.25) is 0 Å². The summed E-state index contributed by atoms with van der Waals surface area (Å²) < 4.78 is 4.84. The number of benzene rings is 1. The molecule has 0 aliphatic rings. The van der Waals surface area contributed by atoms with Gasteiger partial charge in [0.05, 0.1) is 17.0 Å². The van der Waals surface area contributed by atoms with Crippen LogP contribution in [0.4, 0.5) is 0 Å². The number of ketones is 1. The van der Waals surface area contributed by atoms with Gasteiger partial charge in [-0.05, 0) is 32.0 Å². The van der Waals surface area contributed by atoms with Crippen molar-refractivity contribution in [3.8, 4) is 5.75 Å². The number of Topliss-reactive ketones (excluding diaryl/α,β-unsaturated/α-hetero) is 1. The number of esters is 1. The van der Waals surface area contributed by atoms with Gasteiger partial charge in [-0.25, -0.2) is 4.79 Å². The highest BCUT2D eigenvalue weighted by atomic mass is 79.9. The molecule has 4 nitrogen and oxygen atoms in total. The molecule has 5 heteroatoms. The Kier molecular flexibility index (Phi) is 4.69. The van der Waals surface area contributed by atoms with Gasteiger partial charge in [0.1, 0.15) is 5.75 Å². The number of phenolic OH excluding ortho intramolecular Hbond substituents is 1. The van der Waals surface area contributed by atoms with Crippen LogP contribution in [-0.4, -0.2) is 28.3 Å². The zero-order valence-corrected chi connectivity index (χ0v) is 11.2. The molecule has 1 aromatic carbocycles. The molecule has 0 heterocycles. The highest BCUT2D eigenvalue weighted by molar-refractivity contribution is 9.10. The lowest BCUT2D eigenvalue weighted by Gasteiger charge is -2.09. The first-order valence-corrected chi connectivity index (χ1v) is 6.07. The highest BCUT2D eigenvalue weighted by Gasteiger charge is 2.21. The molecular formula is C12H13BrO4. The van der Waals surface area contributed by atoms with E-state index in [1.165, 1.54) is 18.2 Å². The Bertz CT molecular complexity index is 440. The summed E-state index contributed by atoms with van der Waals surface area (Å²) in [6.45, 7) is 3.56. The predicted octanol–water partition coefficient (Wildman–Crippen LogP) is 2.54. The van der Waals surface area contributed by atoms with E-state index < -0.39 is 10.8 Å². The van der Waals surface area contributed by atoms with Gasteiger partial charge in [-0.1, -0.05) is 15.9 Å². The van der Waals surface area contributed by atoms with Gasteiger partial charge in [0, 0.05) is 5.56 Å². The van der Waals surface area contributed by atoms with E-state index in [-0.39, 0.29) is 29.3 Å². The van der Waals surface area contributed by atoms with Crippen LogP contribution in [0, 0.1) is 0 Å². The minimum atomic E-state index is -0.611. The monoisotopic (exact) mass is 300 g/mol. The maximum Gasteiger partial charge on any atom is 0.338 e. The van der Waals surface area contributed by atoms with Crippen molar-refractivity contribution in [2.24, 2.45) is 0 Å². The number of hydrogen-bond donors (Lipinski definition) is 1. The molecule has 1 unspecified atom stereocenters. The van der Waals surface area contributed by atoms with E-state index in [2.05, 4.69) is 15.9 Å². The van der Waals surface area contributed by atoms with Crippen LogP contribution < -0.4 is 0 Å². The van der Waals surface area contributed by atoms with Gasteiger partial charge in [-0.2, -0.15) is 0 Å². The molecule has 0 radical (unpaired) electrons. The second kappa shape index (κ2) is 5.82. The Hall–Kier alpha value is -1.36. The van der Waals surface area contributed by atoms with Crippen LogP contribution in [0.5, 0.6) is 5.75 Å². The molecule has 0 aliphatic carbocycles. The SMILES string of the molecule is CCOC(=O)c1cc(O)ccc1C(=O)C(C)Br. The van der Waals surface area contributed by atoms with Crippen LogP contribution in [0.15, 0.2) is 18.2 Å². The molecule has 0 saturated carbocycles. The number of ether oxygens (including phenoxy) is 1. The predicted molar refractivity (Wildman–Crippen MR) is 66.8 cm³/mol. The first-order chi connectivity index (χ1) is 7.97. The Labute approximate surface area is 108 Å². The smallest absolute Gasteiger partial charge is 0.338 e. The molecular weight excluding hydrogens is 288 g/mol. The number of carbonyl (C=O) groups is 2. The van der Waals surface area contributed by atoms with Gasteiger partial charge < -0.3 is 9.84 Å². The van der Waals surface area contributed by atoms with Crippen molar-refractivity contribution < 1.29 is 19.4 Å². The quantitative estimate of drug-likeness (QED) is 0.527. The van der Waals surface area contributed by atoms with Crippen LogP contribution in [-0.2, 0) is 4.74 Å². The fourth-order valence-electron chi connectivity index (χ4n) is 1.34. The van der Waals surface area contributed by atoms with Crippen molar-refractivity contribution >= 4 is 27.7 Å². The topological polar surface area (TPSA) is 63.6 Å². The number of alkyl halides is 1. The lowest BCUT2D eigenvalue weighted by molar-refractivity contribution is 0.0522. The zero-order valence-electron chi connectivity index (χ0n) is 9.57. The maximum atomic E-state index is 11.8. The number of hydrogen-bond acceptors (Lipinski definition) is 4. The average Bonchev–Trinajstić information content (AvgIpc) is 2.28. The number of halogens is 1. The van der Waals surface area contributed by atoms with Crippen LogP contribution in [0.25, 0.3) is 0 Å². The Morgan fingerprint density at radius 3 is 2.59 bits per heavy atom. The molecule has 1 N–H and O–H groups in total. The third-order valence-corrected chi connectivity index (χ3v) is 2.54. The number of rotatable bonds is 4. The van der Waals surface area contributed by atoms with E-state index in [1.54, 1.807) is 13.8 Å². The summed E-state index contributed by atoms with van der Waals surface area (Å²) in [5, 5.41) is 9.34. The van der Waals surface area contributed by atoms with E-state index in [0.717, 1.165) is 0 Å². The van der Waals surface area contributed by atoms with Crippen molar-refractivity contribution in [1.82, 2.24) is 0 Å². The maximum absolute atomic E-state index is 11.8. The van der Waals surface area contributed by atoms with E-state index in [9.17, 15) is 14.7 Å². The molecule has 0 saturated heterocycles. The molecule has 1 aromatic rings. The summed E-state index contributed by atoms with van der Waals surface area (Å²) in [4.78, 5) is 23.1. The van der Waals surface area contributed by atoms with E-state index in [4.69, 9.17) is 4.74 Å². The van der Waals surface area contributed by atoms with Gasteiger partial charge in [-0.3, -0.25) is 4.79 Å². The molecule has 1 rings (SSSR count). The summed E-state index contributed by atoms with van der Waals surface area (Å²) in [6, 6.07) is 4.02. The molecule has 17 heavy (non-hydrogen) atoms. The van der Waals surface area contributed by atoms with Crippen LogP contribution >= 0.6 is 15.9 Å². The Morgan fingerprint density at radius 2 is 2.06 bits per heavy atom. The highest BCUT2D eigenvalue weighted by Crippen LogP contribution is 2.21. The fraction of sp³-hybridized carbons (Fsp3) is 0.333. The Balaban J connectivity index is 3.21. The molecule has 0 aliphatic heterocycles. The number of aromatic hydroxyl groups is 1. The van der Waals surface area contributed by atoms with Gasteiger partial charge >= 0.3 is 5.97 Å². The molecule has 92 valence electrons. The van der Waals surface area contributed by atoms with E-state index >= 15 is 0 Å². The average molecular weight is 301 g/mol. The number of phenols is 1. The first kappa shape index (κ1) is 13.7. The lowest BCUT2D eigenvalue weighted by Crippen LogP contribution is -2.16. The molecule has 0 fully saturated rings. The van der Waals surface area contributed by atoms with Gasteiger partial charge in [0.2, 0.25) is 0 Å². The number of carbonyl (C=O) groups excluding carboxylic acids is 2. The standard InChI is InChI=1S/C12H13BrO4/c1-3-17-12(16)10-6-8(14)4-5-9(10)11(15)7(2)13/h4-7,14H,3H2,1-2H3. The van der Waals surface area contributed by atoms with Crippen molar-refractivity contribution in [3.63, 3.8) is 0 Å². The summed E-state index contributed by atoms with van der Waals surface area (Å²) >= 11 is 3.15. The lowest BCUT2D eigenvalue weighted by atomic mass is 10.0. The summed E-state index contributed by atoms with van der Waals surface area (Å²) in [6.07, 6.45) is 0. The van der Waals surface area contributed by atoms with Crippen molar-refractivity contribution in [2.75, 3.05) is 6.61 Å². The summed E-state index contributed by atoms with van der Waals surface area (Å²) in [5.74, 6) is -0.917. The zero-order chi connectivity index (χ0) is 13.0. The molecule has 1 atom stereocenters. The molecule has 0 aromatic heterocycles. The van der Waals surface area contributed by atoms with Crippen molar-refractivity contribution in [3.05, 3.63) is 29.3 Å². The first-order valence-electron chi connectivity index (χ1n) is 5.15. The largest absolute Gasteiger partial charge is 0.508 e. The van der Waals surface area contributed by atoms with Gasteiger partial charge in [-0.15, -0.1) is 0 Å². The Morgan fingerprint density at radius 1 is 1.41 bits per heavy atom. The third-order valence-electron chi connectivity index (χ3n) is 2.13. The van der Waals surface area contributed by atoms with E-state index in [1.807, 2.05) is 0 Å². The minimum absolute atomic E-state index is 0.0770. The van der Waals surface area contributed by atoms with Gasteiger partial charge in [0.25, 0.3) is 0 Å².